The van der Waals surface area contributed by atoms with Crippen LogP contribution in [0.1, 0.15) is 5.56 Å². The highest BCUT2D eigenvalue weighted by molar-refractivity contribution is 5.86. The van der Waals surface area contributed by atoms with E-state index in [9.17, 15) is 17.6 Å². The predicted molar refractivity (Wildman–Crippen MR) is 74.5 cm³/mol. The van der Waals surface area contributed by atoms with Crippen LogP contribution in [0.2, 0.25) is 0 Å². The van der Waals surface area contributed by atoms with Crippen molar-refractivity contribution in [1.29, 1.82) is 0 Å². The lowest BCUT2D eigenvalue weighted by Gasteiger charge is -2.09. The molecule has 118 valence electrons. The zero-order valence-corrected chi connectivity index (χ0v) is 11.4. The molecule has 0 aliphatic carbocycles. The van der Waals surface area contributed by atoms with Gasteiger partial charge in [-0.2, -0.15) is 13.2 Å². The average molecular weight is 323 g/mol. The molecular weight excluding hydrogens is 314 g/mol. The third-order valence-corrected chi connectivity index (χ3v) is 3.24. The molecule has 2 N–H and O–H groups in total. The highest BCUT2D eigenvalue weighted by Gasteiger charge is 2.32. The van der Waals surface area contributed by atoms with Crippen LogP contribution in [0, 0.1) is 5.82 Å². The van der Waals surface area contributed by atoms with Crippen LogP contribution in [0.4, 0.5) is 23.4 Å². The molecule has 0 saturated carbocycles. The molecule has 0 aliphatic rings. The Kier molecular flexibility index (Phi) is 3.51. The molecule has 2 heterocycles. The van der Waals surface area contributed by atoms with Gasteiger partial charge in [0.05, 0.1) is 11.1 Å². The Hall–Kier alpha value is -2.90. The summed E-state index contributed by atoms with van der Waals surface area (Å²) in [5, 5.41) is 3.62. The molecule has 0 radical (unpaired) electrons. The minimum absolute atomic E-state index is 0.0997. The first kappa shape index (κ1) is 15.0. The first-order valence-electron chi connectivity index (χ1n) is 6.40. The summed E-state index contributed by atoms with van der Waals surface area (Å²) in [6.45, 7) is 0. The van der Waals surface area contributed by atoms with E-state index in [-0.39, 0.29) is 22.7 Å². The van der Waals surface area contributed by atoms with Gasteiger partial charge in [0, 0.05) is 18.0 Å². The number of alkyl halides is 3. The molecule has 23 heavy (non-hydrogen) atoms. The van der Waals surface area contributed by atoms with Gasteiger partial charge < -0.3 is 10.3 Å². The second kappa shape index (κ2) is 5.38. The third-order valence-electron chi connectivity index (χ3n) is 3.24. The van der Waals surface area contributed by atoms with Gasteiger partial charge in [-0.25, -0.2) is 4.39 Å². The Bertz CT molecular complexity index is 844. The summed E-state index contributed by atoms with van der Waals surface area (Å²) in [4.78, 5) is 3.84. The first-order valence-corrected chi connectivity index (χ1v) is 6.40. The number of rotatable bonds is 2. The van der Waals surface area contributed by atoms with Crippen LogP contribution in [0.25, 0.3) is 22.4 Å². The lowest BCUT2D eigenvalue weighted by molar-refractivity contribution is -0.137. The first-order chi connectivity index (χ1) is 10.9. The van der Waals surface area contributed by atoms with Crippen molar-refractivity contribution < 1.29 is 22.1 Å². The van der Waals surface area contributed by atoms with E-state index in [0.717, 1.165) is 6.07 Å². The Morgan fingerprint density at radius 2 is 1.74 bits per heavy atom. The van der Waals surface area contributed by atoms with Crippen molar-refractivity contribution in [2.75, 3.05) is 5.73 Å². The maximum atomic E-state index is 14.0. The predicted octanol–water partition coefficient (Wildman–Crippen LogP) is 4.14. The number of benzene rings is 1. The van der Waals surface area contributed by atoms with E-state index < -0.39 is 17.6 Å². The number of halogens is 4. The Labute approximate surface area is 127 Å². The molecule has 0 spiro atoms. The second-order valence-electron chi connectivity index (χ2n) is 4.70. The Balaban J connectivity index is 2.21. The van der Waals surface area contributed by atoms with Crippen molar-refractivity contribution >= 4 is 5.88 Å². The summed E-state index contributed by atoms with van der Waals surface area (Å²) in [6.07, 6.45) is -1.67. The minimum atomic E-state index is -4.60. The summed E-state index contributed by atoms with van der Waals surface area (Å²) in [5.74, 6) is -0.982. The summed E-state index contributed by atoms with van der Waals surface area (Å²) >= 11 is 0. The van der Waals surface area contributed by atoms with Crippen molar-refractivity contribution in [2.45, 2.75) is 6.18 Å². The summed E-state index contributed by atoms with van der Waals surface area (Å²) in [5.41, 5.74) is 4.98. The molecule has 8 heteroatoms. The van der Waals surface area contributed by atoms with E-state index >= 15 is 0 Å². The molecule has 3 rings (SSSR count). The normalized spacial score (nSPS) is 11.7. The van der Waals surface area contributed by atoms with Gasteiger partial charge in [-0.3, -0.25) is 4.98 Å². The van der Waals surface area contributed by atoms with E-state index in [2.05, 4.69) is 10.1 Å². The smallest absolute Gasteiger partial charge is 0.367 e. The molecule has 0 bridgehead atoms. The zero-order valence-electron chi connectivity index (χ0n) is 11.4. The van der Waals surface area contributed by atoms with Crippen LogP contribution < -0.4 is 5.73 Å². The van der Waals surface area contributed by atoms with E-state index in [1.807, 2.05) is 0 Å². The Morgan fingerprint density at radius 3 is 2.39 bits per heavy atom. The van der Waals surface area contributed by atoms with E-state index in [1.54, 1.807) is 12.1 Å². The molecular formula is C15H9F4N3O. The second-order valence-corrected chi connectivity index (χ2v) is 4.70. The molecule has 0 fully saturated rings. The van der Waals surface area contributed by atoms with Crippen LogP contribution in [0.3, 0.4) is 0 Å². The molecule has 2 aromatic heterocycles. The molecule has 0 saturated heterocycles. The molecule has 0 unspecified atom stereocenters. The van der Waals surface area contributed by atoms with Gasteiger partial charge in [0.2, 0.25) is 5.88 Å². The SMILES string of the molecule is Nc1onc(-c2cc(C(F)(F)F)ccc2F)c1-c1ccncc1. The number of hydrogen-bond acceptors (Lipinski definition) is 4. The van der Waals surface area contributed by atoms with Crippen molar-refractivity contribution in [3.63, 3.8) is 0 Å². The number of nitrogens with two attached hydrogens (primary N) is 1. The molecule has 0 atom stereocenters. The van der Waals surface area contributed by atoms with Crippen LogP contribution in [-0.2, 0) is 6.18 Å². The van der Waals surface area contributed by atoms with Gasteiger partial charge in [-0.05, 0) is 35.9 Å². The van der Waals surface area contributed by atoms with Crippen LogP contribution in [-0.4, -0.2) is 10.1 Å². The highest BCUT2D eigenvalue weighted by Crippen LogP contribution is 2.39. The van der Waals surface area contributed by atoms with Crippen molar-refractivity contribution in [3.8, 4) is 22.4 Å². The standard InChI is InChI=1S/C15H9F4N3O/c16-11-2-1-9(15(17,18)19)7-10(11)13-12(14(20)23-22-13)8-3-5-21-6-4-8/h1-7H,20H2. The van der Waals surface area contributed by atoms with Crippen LogP contribution >= 0.6 is 0 Å². The average Bonchev–Trinajstić information content (AvgIpc) is 2.89. The fourth-order valence-corrected chi connectivity index (χ4v) is 2.17. The van der Waals surface area contributed by atoms with Crippen molar-refractivity contribution in [2.24, 2.45) is 0 Å². The number of pyridine rings is 1. The van der Waals surface area contributed by atoms with E-state index in [1.165, 1.54) is 12.4 Å². The molecule has 0 aliphatic heterocycles. The number of hydrogen-bond donors (Lipinski definition) is 1. The highest BCUT2D eigenvalue weighted by atomic mass is 19.4. The molecule has 3 aromatic rings. The Morgan fingerprint density at radius 1 is 1.04 bits per heavy atom. The lowest BCUT2D eigenvalue weighted by atomic mass is 10.00. The third kappa shape index (κ3) is 2.75. The minimum Gasteiger partial charge on any atom is -0.367 e. The van der Waals surface area contributed by atoms with E-state index in [4.69, 9.17) is 10.3 Å². The van der Waals surface area contributed by atoms with Gasteiger partial charge in [0.25, 0.3) is 0 Å². The molecule has 0 amide bonds. The van der Waals surface area contributed by atoms with Gasteiger partial charge in [-0.15, -0.1) is 0 Å². The fourth-order valence-electron chi connectivity index (χ4n) is 2.17. The van der Waals surface area contributed by atoms with Crippen molar-refractivity contribution in [1.82, 2.24) is 10.1 Å². The monoisotopic (exact) mass is 323 g/mol. The summed E-state index contributed by atoms with van der Waals surface area (Å²) < 4.78 is 57.4. The number of aromatic nitrogens is 2. The van der Waals surface area contributed by atoms with Gasteiger partial charge in [0.15, 0.2) is 0 Å². The van der Waals surface area contributed by atoms with E-state index in [0.29, 0.717) is 17.7 Å². The zero-order chi connectivity index (χ0) is 16.6. The van der Waals surface area contributed by atoms with Gasteiger partial charge in [0.1, 0.15) is 11.5 Å². The van der Waals surface area contributed by atoms with Gasteiger partial charge in [-0.1, -0.05) is 5.16 Å². The maximum absolute atomic E-state index is 14.0. The quantitative estimate of drug-likeness (QED) is 0.720. The summed E-state index contributed by atoms with van der Waals surface area (Å²) in [7, 11) is 0. The van der Waals surface area contributed by atoms with Gasteiger partial charge >= 0.3 is 6.18 Å². The van der Waals surface area contributed by atoms with Crippen LogP contribution in [0.5, 0.6) is 0 Å². The number of anilines is 1. The number of nitrogens with zero attached hydrogens (tertiary/aromatic N) is 2. The molecule has 4 nitrogen and oxygen atoms in total. The maximum Gasteiger partial charge on any atom is 0.416 e. The summed E-state index contributed by atoms with van der Waals surface area (Å²) in [6, 6.07) is 5.21. The van der Waals surface area contributed by atoms with Crippen molar-refractivity contribution in [3.05, 3.63) is 54.1 Å². The fraction of sp³-hybridized carbons (Fsp3) is 0.0667. The molecule has 1 aromatic carbocycles. The largest absolute Gasteiger partial charge is 0.416 e. The van der Waals surface area contributed by atoms with Crippen LogP contribution in [0.15, 0.2) is 47.2 Å². The topological polar surface area (TPSA) is 64.9 Å². The number of nitrogen functional groups attached to an aromatic ring is 1. The lowest BCUT2D eigenvalue weighted by Crippen LogP contribution is -2.05.